The standard InChI is InChI=1S/C21H27NO2/c1-24-17-12-10-11-16(15-17)22-21(23)20-18-13-8-6-4-2-3-5-7-9-14-19(18)20/h4-7,10-12,15,18-20H,2-3,8-9,13-14H2,1H3,(H,22,23)/b6-4-,7-5+/t18-,19-,20?/m0/s1. The molecule has 0 aromatic heterocycles. The fraction of sp³-hybridized carbons (Fsp3) is 0.476. The highest BCUT2D eigenvalue weighted by Gasteiger charge is 2.52. The minimum absolute atomic E-state index is 0.166. The second-order valence-electron chi connectivity index (χ2n) is 6.75. The molecular formula is C21H27NO2. The van der Waals surface area contributed by atoms with E-state index in [1.165, 1.54) is 0 Å². The molecule has 0 aliphatic heterocycles. The molecular weight excluding hydrogens is 298 g/mol. The summed E-state index contributed by atoms with van der Waals surface area (Å²) in [6.45, 7) is 0. The zero-order valence-electron chi connectivity index (χ0n) is 14.4. The highest BCUT2D eigenvalue weighted by molar-refractivity contribution is 5.95. The molecule has 1 fully saturated rings. The molecule has 24 heavy (non-hydrogen) atoms. The van der Waals surface area contributed by atoms with Crippen molar-refractivity contribution < 1.29 is 9.53 Å². The van der Waals surface area contributed by atoms with Crippen LogP contribution in [0.3, 0.4) is 0 Å². The number of anilines is 1. The van der Waals surface area contributed by atoms with Crippen LogP contribution in [-0.4, -0.2) is 13.0 Å². The second-order valence-corrected chi connectivity index (χ2v) is 6.75. The van der Waals surface area contributed by atoms with Crippen molar-refractivity contribution in [3.05, 3.63) is 48.6 Å². The lowest BCUT2D eigenvalue weighted by Gasteiger charge is -2.07. The molecule has 1 aromatic carbocycles. The molecule has 1 aromatic rings. The number of fused-ring (bicyclic) bond motifs is 1. The largest absolute Gasteiger partial charge is 0.497 e. The maximum atomic E-state index is 12.7. The van der Waals surface area contributed by atoms with Gasteiger partial charge in [0.15, 0.2) is 0 Å². The van der Waals surface area contributed by atoms with E-state index < -0.39 is 0 Å². The van der Waals surface area contributed by atoms with Gasteiger partial charge in [-0.3, -0.25) is 4.79 Å². The van der Waals surface area contributed by atoms with E-state index in [0.717, 1.165) is 50.0 Å². The van der Waals surface area contributed by atoms with Gasteiger partial charge in [0.05, 0.1) is 7.11 Å². The second kappa shape index (κ2) is 8.18. The Morgan fingerprint density at radius 1 is 1.00 bits per heavy atom. The number of ether oxygens (including phenoxy) is 1. The third-order valence-electron chi connectivity index (χ3n) is 5.14. The van der Waals surface area contributed by atoms with Crippen LogP contribution in [0.1, 0.15) is 38.5 Å². The zero-order chi connectivity index (χ0) is 16.8. The number of methoxy groups -OCH3 is 1. The molecule has 1 unspecified atom stereocenters. The predicted octanol–water partition coefficient (Wildman–Crippen LogP) is 4.96. The van der Waals surface area contributed by atoms with Gasteiger partial charge in [0.25, 0.3) is 0 Å². The third kappa shape index (κ3) is 4.28. The first-order valence-corrected chi connectivity index (χ1v) is 9.04. The van der Waals surface area contributed by atoms with E-state index >= 15 is 0 Å². The summed E-state index contributed by atoms with van der Waals surface area (Å²) >= 11 is 0. The van der Waals surface area contributed by atoms with Gasteiger partial charge >= 0.3 is 0 Å². The summed E-state index contributed by atoms with van der Waals surface area (Å²) in [6.07, 6.45) is 15.8. The minimum Gasteiger partial charge on any atom is -0.497 e. The van der Waals surface area contributed by atoms with Crippen molar-refractivity contribution in [2.75, 3.05) is 12.4 Å². The summed E-state index contributed by atoms with van der Waals surface area (Å²) in [6, 6.07) is 7.58. The topological polar surface area (TPSA) is 38.3 Å². The molecule has 3 rings (SSSR count). The van der Waals surface area contributed by atoms with Gasteiger partial charge in [0.2, 0.25) is 5.91 Å². The van der Waals surface area contributed by atoms with Crippen LogP contribution in [0.5, 0.6) is 5.75 Å². The fourth-order valence-electron chi connectivity index (χ4n) is 3.79. The zero-order valence-corrected chi connectivity index (χ0v) is 14.4. The van der Waals surface area contributed by atoms with Gasteiger partial charge < -0.3 is 10.1 Å². The van der Waals surface area contributed by atoms with Crippen LogP contribution in [-0.2, 0) is 4.79 Å². The summed E-state index contributed by atoms with van der Waals surface area (Å²) in [5, 5.41) is 3.08. The van der Waals surface area contributed by atoms with Crippen molar-refractivity contribution in [3.8, 4) is 5.75 Å². The molecule has 1 amide bonds. The molecule has 0 radical (unpaired) electrons. The van der Waals surface area contributed by atoms with Crippen LogP contribution in [0.25, 0.3) is 0 Å². The SMILES string of the molecule is COc1cccc(NC(=O)C2[C@H]3CC/C=C\CC/C=C/CC[C@H]23)c1. The number of benzene rings is 1. The first-order chi connectivity index (χ1) is 11.8. The number of hydrogen-bond donors (Lipinski definition) is 1. The maximum absolute atomic E-state index is 12.7. The summed E-state index contributed by atoms with van der Waals surface area (Å²) in [4.78, 5) is 12.7. The molecule has 0 spiro atoms. The lowest BCUT2D eigenvalue weighted by Crippen LogP contribution is -2.15. The number of nitrogens with one attached hydrogen (secondary N) is 1. The molecule has 2 aliphatic carbocycles. The smallest absolute Gasteiger partial charge is 0.228 e. The fourth-order valence-corrected chi connectivity index (χ4v) is 3.79. The highest BCUT2D eigenvalue weighted by atomic mass is 16.5. The van der Waals surface area contributed by atoms with Gasteiger partial charge in [-0.15, -0.1) is 0 Å². The Morgan fingerprint density at radius 3 is 2.25 bits per heavy atom. The molecule has 0 heterocycles. The number of carbonyl (C=O) groups is 1. The molecule has 128 valence electrons. The number of hydrogen-bond acceptors (Lipinski definition) is 2. The molecule has 1 saturated carbocycles. The van der Waals surface area contributed by atoms with Crippen molar-refractivity contribution in [1.29, 1.82) is 0 Å². The van der Waals surface area contributed by atoms with E-state index in [0.29, 0.717) is 11.8 Å². The Bertz CT molecular complexity index is 596. The van der Waals surface area contributed by atoms with Gasteiger partial charge in [0, 0.05) is 17.7 Å². The Morgan fingerprint density at radius 2 is 1.62 bits per heavy atom. The van der Waals surface area contributed by atoms with Crippen LogP contribution in [0.2, 0.25) is 0 Å². The van der Waals surface area contributed by atoms with Crippen molar-refractivity contribution in [3.63, 3.8) is 0 Å². The van der Waals surface area contributed by atoms with Crippen LogP contribution in [0.4, 0.5) is 5.69 Å². The van der Waals surface area contributed by atoms with Crippen LogP contribution in [0.15, 0.2) is 48.6 Å². The quantitative estimate of drug-likeness (QED) is 0.797. The Balaban J connectivity index is 1.61. The highest BCUT2D eigenvalue weighted by Crippen LogP contribution is 2.52. The number of amides is 1. The van der Waals surface area contributed by atoms with Gasteiger partial charge in [-0.05, 0) is 62.5 Å². The first-order valence-electron chi connectivity index (χ1n) is 9.04. The van der Waals surface area contributed by atoms with E-state index in [2.05, 4.69) is 29.6 Å². The molecule has 0 saturated heterocycles. The van der Waals surface area contributed by atoms with Crippen molar-refractivity contribution in [1.82, 2.24) is 0 Å². The lowest BCUT2D eigenvalue weighted by atomic mass is 10.1. The third-order valence-corrected chi connectivity index (χ3v) is 5.14. The number of carbonyl (C=O) groups excluding carboxylic acids is 1. The maximum Gasteiger partial charge on any atom is 0.228 e. The predicted molar refractivity (Wildman–Crippen MR) is 98.1 cm³/mol. The molecule has 2 aliphatic rings. The van der Waals surface area contributed by atoms with Crippen molar-refractivity contribution in [2.24, 2.45) is 17.8 Å². The normalized spacial score (nSPS) is 29.3. The number of rotatable bonds is 3. The Hall–Kier alpha value is -2.03. The molecule has 3 nitrogen and oxygen atoms in total. The average molecular weight is 325 g/mol. The van der Waals surface area contributed by atoms with E-state index in [4.69, 9.17) is 4.74 Å². The van der Waals surface area contributed by atoms with Crippen LogP contribution in [0, 0.1) is 17.8 Å². The van der Waals surface area contributed by atoms with Gasteiger partial charge in [-0.25, -0.2) is 0 Å². The minimum atomic E-state index is 0.166. The van der Waals surface area contributed by atoms with E-state index in [1.807, 2.05) is 24.3 Å². The lowest BCUT2D eigenvalue weighted by molar-refractivity contribution is -0.117. The van der Waals surface area contributed by atoms with Gasteiger partial charge in [-0.2, -0.15) is 0 Å². The van der Waals surface area contributed by atoms with Crippen molar-refractivity contribution in [2.45, 2.75) is 38.5 Å². The van der Waals surface area contributed by atoms with Gasteiger partial charge in [0.1, 0.15) is 5.75 Å². The molecule has 1 N–H and O–H groups in total. The van der Waals surface area contributed by atoms with Gasteiger partial charge in [-0.1, -0.05) is 30.4 Å². The Kier molecular flexibility index (Phi) is 5.73. The summed E-state index contributed by atoms with van der Waals surface area (Å²) in [7, 11) is 1.64. The molecule has 3 heteroatoms. The summed E-state index contributed by atoms with van der Waals surface area (Å²) in [5.74, 6) is 2.17. The van der Waals surface area contributed by atoms with Crippen LogP contribution >= 0.6 is 0 Å². The number of allylic oxidation sites excluding steroid dienone is 4. The van der Waals surface area contributed by atoms with E-state index in [1.54, 1.807) is 7.11 Å². The van der Waals surface area contributed by atoms with Crippen LogP contribution < -0.4 is 10.1 Å². The molecule has 3 atom stereocenters. The van der Waals surface area contributed by atoms with E-state index in [9.17, 15) is 4.79 Å². The Labute approximate surface area is 144 Å². The monoisotopic (exact) mass is 325 g/mol. The molecule has 0 bridgehead atoms. The first kappa shape index (κ1) is 16.8. The van der Waals surface area contributed by atoms with Crippen molar-refractivity contribution >= 4 is 11.6 Å². The van der Waals surface area contributed by atoms with E-state index in [-0.39, 0.29) is 11.8 Å². The average Bonchev–Trinajstić information content (AvgIpc) is 3.27. The summed E-state index contributed by atoms with van der Waals surface area (Å²) in [5.41, 5.74) is 0.821. The summed E-state index contributed by atoms with van der Waals surface area (Å²) < 4.78 is 5.23.